The fraction of sp³-hybridized carbons (Fsp3) is 0.481. The maximum Gasteiger partial charge on any atom is 0.321 e. The largest absolute Gasteiger partial charge is 0.491 e. The summed E-state index contributed by atoms with van der Waals surface area (Å²) < 4.78 is 11.8. The van der Waals surface area contributed by atoms with Crippen LogP contribution in [0, 0.1) is 0 Å². The van der Waals surface area contributed by atoms with Crippen molar-refractivity contribution in [2.45, 2.75) is 45.6 Å². The molecule has 2 aromatic carbocycles. The highest BCUT2D eigenvalue weighted by Gasteiger charge is 2.24. The molecule has 2 aromatic rings. The van der Waals surface area contributed by atoms with Crippen molar-refractivity contribution in [3.05, 3.63) is 59.2 Å². The number of carbonyl (C=O) groups excluding carboxylic acids is 2. The van der Waals surface area contributed by atoms with Crippen molar-refractivity contribution in [1.29, 1.82) is 0 Å². The van der Waals surface area contributed by atoms with Crippen molar-refractivity contribution in [2.75, 3.05) is 44.2 Å². The predicted octanol–water partition coefficient (Wildman–Crippen LogP) is 2.79. The Morgan fingerprint density at radius 1 is 1.03 bits per heavy atom. The highest BCUT2D eigenvalue weighted by molar-refractivity contribution is 5.94. The van der Waals surface area contributed by atoms with Crippen LogP contribution >= 0.6 is 0 Å². The zero-order chi connectivity index (χ0) is 24.4. The minimum Gasteiger partial charge on any atom is -0.491 e. The molecule has 35 heavy (non-hydrogen) atoms. The van der Waals surface area contributed by atoms with E-state index < -0.39 is 0 Å². The molecule has 0 radical (unpaired) electrons. The average Bonchev–Trinajstić information content (AvgIpc) is 3.13. The fourth-order valence-corrected chi connectivity index (χ4v) is 5.23. The Labute approximate surface area is 206 Å². The Morgan fingerprint density at radius 3 is 2.49 bits per heavy atom. The van der Waals surface area contributed by atoms with E-state index in [1.807, 2.05) is 35.2 Å². The number of amides is 3. The fourth-order valence-electron chi connectivity index (χ4n) is 5.23. The summed E-state index contributed by atoms with van der Waals surface area (Å²) in [7, 11) is 0. The van der Waals surface area contributed by atoms with Gasteiger partial charge in [0.25, 0.3) is 0 Å². The molecule has 0 bridgehead atoms. The average molecular weight is 479 g/mol. The van der Waals surface area contributed by atoms with Gasteiger partial charge in [-0.1, -0.05) is 18.2 Å². The van der Waals surface area contributed by atoms with Crippen LogP contribution in [-0.4, -0.2) is 73.3 Å². The Bertz CT molecular complexity index is 1060. The minimum absolute atomic E-state index is 0.0749. The van der Waals surface area contributed by atoms with Crippen molar-refractivity contribution in [1.82, 2.24) is 15.1 Å². The van der Waals surface area contributed by atoms with Gasteiger partial charge < -0.3 is 19.7 Å². The van der Waals surface area contributed by atoms with Crippen LogP contribution in [0.5, 0.6) is 5.75 Å². The smallest absolute Gasteiger partial charge is 0.321 e. The molecule has 8 heteroatoms. The van der Waals surface area contributed by atoms with Crippen LogP contribution in [-0.2, 0) is 29.0 Å². The van der Waals surface area contributed by atoms with E-state index in [0.29, 0.717) is 39.2 Å². The Balaban J connectivity index is 1.23. The van der Waals surface area contributed by atoms with E-state index in [1.165, 1.54) is 5.56 Å². The Morgan fingerprint density at radius 2 is 1.77 bits per heavy atom. The van der Waals surface area contributed by atoms with E-state index in [9.17, 15) is 9.59 Å². The molecule has 1 N–H and O–H groups in total. The molecule has 0 unspecified atom stereocenters. The number of ether oxygens (including phenoxy) is 2. The number of urea groups is 1. The summed E-state index contributed by atoms with van der Waals surface area (Å²) in [4.78, 5) is 31.1. The first-order chi connectivity index (χ1) is 16.9. The van der Waals surface area contributed by atoms with Gasteiger partial charge in [0, 0.05) is 50.5 Å². The highest BCUT2D eigenvalue weighted by atomic mass is 16.5. The third-order valence-electron chi connectivity index (χ3n) is 6.82. The second-order valence-corrected chi connectivity index (χ2v) is 9.78. The lowest BCUT2D eigenvalue weighted by atomic mass is 10.1. The van der Waals surface area contributed by atoms with Crippen LogP contribution in [0.4, 0.5) is 10.5 Å². The van der Waals surface area contributed by atoms with E-state index in [-0.39, 0.29) is 24.1 Å². The first-order valence-corrected chi connectivity index (χ1v) is 12.5. The normalized spacial score (nSPS) is 22.9. The number of nitrogens with zero attached hydrogens (tertiary/aromatic N) is 3. The summed E-state index contributed by atoms with van der Waals surface area (Å²) in [5.74, 6) is 0.940. The zero-order valence-electron chi connectivity index (χ0n) is 20.5. The molecule has 3 heterocycles. The van der Waals surface area contributed by atoms with Crippen LogP contribution in [0.15, 0.2) is 42.5 Å². The van der Waals surface area contributed by atoms with Crippen molar-refractivity contribution < 1.29 is 19.1 Å². The molecule has 5 rings (SSSR count). The van der Waals surface area contributed by atoms with Gasteiger partial charge in [0.1, 0.15) is 12.4 Å². The molecule has 2 saturated heterocycles. The summed E-state index contributed by atoms with van der Waals surface area (Å²) in [6.45, 7) is 9.85. The van der Waals surface area contributed by atoms with Gasteiger partial charge in [-0.2, -0.15) is 0 Å². The monoisotopic (exact) mass is 478 g/mol. The number of hydrogen-bond donors (Lipinski definition) is 1. The van der Waals surface area contributed by atoms with Crippen molar-refractivity contribution in [2.24, 2.45) is 0 Å². The van der Waals surface area contributed by atoms with Gasteiger partial charge in [-0.05, 0) is 49.2 Å². The van der Waals surface area contributed by atoms with Crippen LogP contribution in [0.3, 0.4) is 0 Å². The number of rotatable bonds is 5. The number of carbonyl (C=O) groups is 2. The topological polar surface area (TPSA) is 74.4 Å². The predicted molar refractivity (Wildman–Crippen MR) is 134 cm³/mol. The van der Waals surface area contributed by atoms with E-state index in [2.05, 4.69) is 36.2 Å². The maximum absolute atomic E-state index is 13.2. The highest BCUT2D eigenvalue weighted by Crippen LogP contribution is 2.26. The van der Waals surface area contributed by atoms with Gasteiger partial charge in [0.15, 0.2) is 0 Å². The molecule has 0 spiro atoms. The maximum atomic E-state index is 13.2. The van der Waals surface area contributed by atoms with Gasteiger partial charge in [-0.15, -0.1) is 0 Å². The van der Waals surface area contributed by atoms with Crippen molar-refractivity contribution in [3.63, 3.8) is 0 Å². The molecule has 3 amide bonds. The number of benzene rings is 2. The lowest BCUT2D eigenvalue weighted by Gasteiger charge is -2.35. The standard InChI is InChI=1S/C27H34N4O4/c1-19-15-29(16-20(2)35-19)17-22-5-8-25-23(13-22)18-30(11-12-34-25)26(32)14-21-3-6-24(7-4-21)31-10-9-28-27(31)33/h3-8,13,19-20H,9-12,14-18H2,1-2H3,(H,28,33)/t19-,20+. The van der Waals surface area contributed by atoms with E-state index in [0.717, 1.165) is 42.2 Å². The summed E-state index contributed by atoms with van der Waals surface area (Å²) in [5, 5.41) is 2.81. The number of morpholine rings is 1. The molecule has 3 aliphatic heterocycles. The third kappa shape index (κ3) is 5.60. The first kappa shape index (κ1) is 23.6. The molecule has 186 valence electrons. The molecular weight excluding hydrogens is 444 g/mol. The molecule has 8 nitrogen and oxygen atoms in total. The van der Waals surface area contributed by atoms with Gasteiger partial charge in [-0.3, -0.25) is 14.6 Å². The quantitative estimate of drug-likeness (QED) is 0.716. The van der Waals surface area contributed by atoms with Gasteiger partial charge in [0.2, 0.25) is 5.91 Å². The molecule has 0 aromatic heterocycles. The number of nitrogens with one attached hydrogen (secondary N) is 1. The number of anilines is 1. The lowest BCUT2D eigenvalue weighted by molar-refractivity contribution is -0.131. The third-order valence-corrected chi connectivity index (χ3v) is 6.82. The molecule has 0 aliphatic carbocycles. The summed E-state index contributed by atoms with van der Waals surface area (Å²) >= 11 is 0. The second-order valence-electron chi connectivity index (χ2n) is 9.78. The van der Waals surface area contributed by atoms with Crippen LogP contribution in [0.25, 0.3) is 0 Å². The summed E-state index contributed by atoms with van der Waals surface area (Å²) in [6, 6.07) is 14.0. The van der Waals surface area contributed by atoms with Crippen molar-refractivity contribution >= 4 is 17.6 Å². The molecule has 3 aliphatic rings. The Kier molecular flexibility index (Phi) is 6.92. The van der Waals surface area contributed by atoms with E-state index >= 15 is 0 Å². The molecule has 2 atom stereocenters. The van der Waals surface area contributed by atoms with Gasteiger partial charge >= 0.3 is 6.03 Å². The van der Waals surface area contributed by atoms with Gasteiger partial charge in [-0.25, -0.2) is 4.79 Å². The van der Waals surface area contributed by atoms with Crippen LogP contribution < -0.4 is 15.0 Å². The van der Waals surface area contributed by atoms with Crippen LogP contribution in [0.1, 0.15) is 30.5 Å². The molecular formula is C27H34N4O4. The van der Waals surface area contributed by atoms with Gasteiger partial charge in [0.05, 0.1) is 25.2 Å². The zero-order valence-corrected chi connectivity index (χ0v) is 20.5. The Hall–Kier alpha value is -3.10. The molecule has 2 fully saturated rings. The SMILES string of the molecule is C[C@@H]1CN(Cc2ccc3c(c2)CN(C(=O)Cc2ccc(N4CCNC4=O)cc2)CCO3)C[C@H](C)O1. The van der Waals surface area contributed by atoms with E-state index in [4.69, 9.17) is 9.47 Å². The van der Waals surface area contributed by atoms with E-state index in [1.54, 1.807) is 4.90 Å². The second kappa shape index (κ2) is 10.3. The number of fused-ring (bicyclic) bond motifs is 1. The summed E-state index contributed by atoms with van der Waals surface area (Å²) in [6.07, 6.45) is 0.792. The molecule has 0 saturated carbocycles. The minimum atomic E-state index is -0.0749. The number of hydrogen-bond acceptors (Lipinski definition) is 5. The van der Waals surface area contributed by atoms with Crippen LogP contribution in [0.2, 0.25) is 0 Å². The first-order valence-electron chi connectivity index (χ1n) is 12.5. The summed E-state index contributed by atoms with van der Waals surface area (Å²) in [5.41, 5.74) is 4.07. The van der Waals surface area contributed by atoms with Crippen molar-refractivity contribution in [3.8, 4) is 5.75 Å². The lowest BCUT2D eigenvalue weighted by Crippen LogP contribution is -2.44.